The van der Waals surface area contributed by atoms with Crippen molar-refractivity contribution < 1.29 is 22.6 Å². The van der Waals surface area contributed by atoms with Gasteiger partial charge in [0.2, 0.25) is 0 Å². The van der Waals surface area contributed by atoms with E-state index in [0.717, 1.165) is 11.4 Å². The Bertz CT molecular complexity index is 868. The number of hydrogen-bond donors (Lipinski definition) is 2. The number of aromatic nitrogens is 2. The van der Waals surface area contributed by atoms with Crippen LogP contribution in [0.5, 0.6) is 11.5 Å². The predicted molar refractivity (Wildman–Crippen MR) is 87.5 cm³/mol. The number of hydrogen-bond acceptors (Lipinski definition) is 3. The molecule has 0 unspecified atom stereocenters. The zero-order chi connectivity index (χ0) is 17.9. The second kappa shape index (κ2) is 6.76. The summed E-state index contributed by atoms with van der Waals surface area (Å²) in [5.41, 5.74) is 2.19. The summed E-state index contributed by atoms with van der Waals surface area (Å²) in [6.07, 6.45) is -1.61. The maximum atomic E-state index is 12.5. The fourth-order valence-electron chi connectivity index (χ4n) is 2.27. The Labute approximate surface area is 141 Å². The van der Waals surface area contributed by atoms with Gasteiger partial charge in [-0.2, -0.15) is 0 Å². The summed E-state index contributed by atoms with van der Waals surface area (Å²) >= 11 is 0. The quantitative estimate of drug-likeness (QED) is 0.658. The Morgan fingerprint density at radius 2 is 1.84 bits per heavy atom. The van der Waals surface area contributed by atoms with Crippen molar-refractivity contribution in [1.29, 1.82) is 0 Å². The Hall–Kier alpha value is -3.16. The van der Waals surface area contributed by atoms with Crippen LogP contribution in [0.2, 0.25) is 0 Å². The number of para-hydroxylation sites is 2. The van der Waals surface area contributed by atoms with Gasteiger partial charge in [-0.25, -0.2) is 0 Å². The molecule has 2 aromatic heterocycles. The monoisotopic (exact) mass is 349 g/mol. The largest absolute Gasteiger partial charge is 0.573 e. The molecule has 0 aliphatic rings. The van der Waals surface area contributed by atoms with Gasteiger partial charge in [-0.05, 0) is 24.3 Å². The second-order valence-corrected chi connectivity index (χ2v) is 5.02. The summed E-state index contributed by atoms with van der Waals surface area (Å²) in [7, 11) is 1.50. The van der Waals surface area contributed by atoms with E-state index in [1.165, 1.54) is 31.5 Å². The third-order valence-electron chi connectivity index (χ3n) is 3.34. The van der Waals surface area contributed by atoms with Gasteiger partial charge in [0.05, 0.1) is 30.4 Å². The maximum absolute atomic E-state index is 12.5. The predicted octanol–water partition coefficient (Wildman–Crippen LogP) is 4.67. The van der Waals surface area contributed by atoms with Crippen LogP contribution in [0, 0.1) is 0 Å². The minimum atomic E-state index is -4.78. The van der Waals surface area contributed by atoms with Crippen LogP contribution in [0.25, 0.3) is 11.4 Å². The summed E-state index contributed by atoms with van der Waals surface area (Å²) in [5.74, 6) is 0.143. The van der Waals surface area contributed by atoms with Crippen LogP contribution in [0.15, 0.2) is 53.7 Å². The standard InChI is InChI=1S/C17H14F3N3O2/c1-24-16-9-13(11-6-4-8-21-11)23-14(16)10-22-12-5-2-3-7-15(12)25-17(18,19)20/h2-10,21,23H,1H3. The minimum Gasteiger partial charge on any atom is -0.494 e. The molecule has 0 bridgehead atoms. The Morgan fingerprint density at radius 3 is 2.52 bits per heavy atom. The van der Waals surface area contributed by atoms with Crippen molar-refractivity contribution in [2.45, 2.75) is 6.36 Å². The number of H-pyrrole nitrogens is 2. The van der Waals surface area contributed by atoms with Gasteiger partial charge >= 0.3 is 6.36 Å². The van der Waals surface area contributed by atoms with E-state index in [0.29, 0.717) is 11.4 Å². The van der Waals surface area contributed by atoms with Gasteiger partial charge in [-0.15, -0.1) is 13.2 Å². The average molecular weight is 349 g/mol. The molecule has 3 aromatic rings. The highest BCUT2D eigenvalue weighted by Gasteiger charge is 2.32. The van der Waals surface area contributed by atoms with Crippen molar-refractivity contribution >= 4 is 11.9 Å². The molecule has 25 heavy (non-hydrogen) atoms. The van der Waals surface area contributed by atoms with Gasteiger partial charge in [0.1, 0.15) is 11.4 Å². The van der Waals surface area contributed by atoms with Crippen LogP contribution in [0.3, 0.4) is 0 Å². The molecule has 0 atom stereocenters. The molecule has 0 saturated heterocycles. The molecule has 2 heterocycles. The van der Waals surface area contributed by atoms with Crippen molar-refractivity contribution in [2.75, 3.05) is 7.11 Å². The van der Waals surface area contributed by atoms with E-state index in [1.54, 1.807) is 18.3 Å². The van der Waals surface area contributed by atoms with Gasteiger partial charge in [-0.1, -0.05) is 12.1 Å². The van der Waals surface area contributed by atoms with E-state index >= 15 is 0 Å². The first kappa shape index (κ1) is 16.7. The van der Waals surface area contributed by atoms with E-state index in [4.69, 9.17) is 4.74 Å². The molecule has 0 saturated carbocycles. The third-order valence-corrected chi connectivity index (χ3v) is 3.34. The van der Waals surface area contributed by atoms with Crippen LogP contribution in [0.4, 0.5) is 18.9 Å². The van der Waals surface area contributed by atoms with E-state index in [2.05, 4.69) is 19.7 Å². The number of benzene rings is 1. The maximum Gasteiger partial charge on any atom is 0.573 e. The van der Waals surface area contributed by atoms with Gasteiger partial charge in [-0.3, -0.25) is 4.99 Å². The van der Waals surface area contributed by atoms with Crippen molar-refractivity contribution in [3.05, 3.63) is 54.4 Å². The highest BCUT2D eigenvalue weighted by Crippen LogP contribution is 2.32. The van der Waals surface area contributed by atoms with Crippen LogP contribution >= 0.6 is 0 Å². The molecule has 2 N–H and O–H groups in total. The first-order chi connectivity index (χ1) is 12.0. The van der Waals surface area contributed by atoms with E-state index in [-0.39, 0.29) is 11.4 Å². The SMILES string of the molecule is COc1cc(-c2ccc[nH]2)[nH]c1C=Nc1ccccc1OC(F)(F)F. The molecule has 0 spiro atoms. The summed E-state index contributed by atoms with van der Waals surface area (Å²) in [6.45, 7) is 0. The van der Waals surface area contributed by atoms with E-state index in [1.807, 2.05) is 12.1 Å². The van der Waals surface area contributed by atoms with Gasteiger partial charge in [0.25, 0.3) is 0 Å². The van der Waals surface area contributed by atoms with Crippen LogP contribution in [-0.4, -0.2) is 29.7 Å². The van der Waals surface area contributed by atoms with Crippen molar-refractivity contribution in [3.8, 4) is 22.9 Å². The smallest absolute Gasteiger partial charge is 0.494 e. The molecular formula is C17H14F3N3O2. The molecule has 5 nitrogen and oxygen atoms in total. The molecular weight excluding hydrogens is 335 g/mol. The van der Waals surface area contributed by atoms with Gasteiger partial charge in [0, 0.05) is 12.3 Å². The topological polar surface area (TPSA) is 62.4 Å². The number of aromatic amines is 2. The number of alkyl halides is 3. The van der Waals surface area contributed by atoms with Crippen LogP contribution in [-0.2, 0) is 0 Å². The number of rotatable bonds is 5. The van der Waals surface area contributed by atoms with Crippen molar-refractivity contribution in [1.82, 2.24) is 9.97 Å². The summed E-state index contributed by atoms with van der Waals surface area (Å²) in [5, 5.41) is 0. The second-order valence-electron chi connectivity index (χ2n) is 5.02. The van der Waals surface area contributed by atoms with E-state index in [9.17, 15) is 13.2 Å². The molecule has 3 rings (SSSR count). The minimum absolute atomic E-state index is 0.0536. The highest BCUT2D eigenvalue weighted by molar-refractivity contribution is 5.86. The zero-order valence-electron chi connectivity index (χ0n) is 13.1. The first-order valence-electron chi connectivity index (χ1n) is 7.26. The lowest BCUT2D eigenvalue weighted by Gasteiger charge is -2.10. The normalized spacial score (nSPS) is 11.8. The Morgan fingerprint density at radius 1 is 1.04 bits per heavy atom. The van der Waals surface area contributed by atoms with Gasteiger partial charge < -0.3 is 19.4 Å². The highest BCUT2D eigenvalue weighted by atomic mass is 19.4. The Balaban J connectivity index is 1.90. The number of halogens is 3. The van der Waals surface area contributed by atoms with Crippen molar-refractivity contribution in [2.24, 2.45) is 4.99 Å². The van der Waals surface area contributed by atoms with Gasteiger partial charge in [0.15, 0.2) is 5.75 Å². The third kappa shape index (κ3) is 4.03. The number of methoxy groups -OCH3 is 1. The molecule has 1 aromatic carbocycles. The molecule has 130 valence electrons. The molecule has 0 aliphatic carbocycles. The average Bonchev–Trinajstić information content (AvgIpc) is 3.21. The summed E-state index contributed by atoms with van der Waals surface area (Å²) in [4.78, 5) is 10.2. The number of nitrogens with zero attached hydrogens (tertiary/aromatic N) is 1. The number of ether oxygens (including phenoxy) is 2. The van der Waals surface area contributed by atoms with Crippen molar-refractivity contribution in [3.63, 3.8) is 0 Å². The molecule has 0 amide bonds. The molecule has 0 fully saturated rings. The fourth-order valence-corrected chi connectivity index (χ4v) is 2.27. The van der Waals surface area contributed by atoms with Crippen LogP contribution in [0.1, 0.15) is 5.69 Å². The zero-order valence-corrected chi connectivity index (χ0v) is 13.1. The van der Waals surface area contributed by atoms with Crippen LogP contribution < -0.4 is 9.47 Å². The summed E-state index contributed by atoms with van der Waals surface area (Å²) < 4.78 is 46.6. The Kier molecular flexibility index (Phi) is 4.51. The lowest BCUT2D eigenvalue weighted by Crippen LogP contribution is -2.17. The molecule has 0 radical (unpaired) electrons. The summed E-state index contributed by atoms with van der Waals surface area (Å²) in [6, 6.07) is 11.1. The first-order valence-corrected chi connectivity index (χ1v) is 7.26. The van der Waals surface area contributed by atoms with E-state index < -0.39 is 6.36 Å². The lowest BCUT2D eigenvalue weighted by atomic mass is 10.3. The lowest BCUT2D eigenvalue weighted by molar-refractivity contribution is -0.274. The number of aliphatic imine (C=N–C) groups is 1. The molecule has 8 heteroatoms. The fraction of sp³-hybridized carbons (Fsp3) is 0.118. The molecule has 0 aliphatic heterocycles. The number of nitrogens with one attached hydrogen (secondary N) is 2.